The Labute approximate surface area is 140 Å². The molecule has 122 valence electrons. The van der Waals surface area contributed by atoms with E-state index in [0.717, 1.165) is 38.4 Å². The van der Waals surface area contributed by atoms with Gasteiger partial charge in [-0.25, -0.2) is 0 Å². The molecule has 5 nitrogen and oxygen atoms in total. The Hall–Kier alpha value is -2.50. The summed E-state index contributed by atoms with van der Waals surface area (Å²) in [5.74, 6) is -0.284. The van der Waals surface area contributed by atoms with Gasteiger partial charge in [-0.05, 0) is 6.07 Å². The Morgan fingerprint density at radius 2 is 1.58 bits per heavy atom. The fraction of sp³-hybridized carbons (Fsp3) is 0.263. The molecule has 2 aromatic carbocycles. The molecule has 0 atom stereocenters. The standard InChI is InChI=1S/C19H18N2O3/c20-17-12(11-21-7-9-24-10-8-21)5-6-15-16(17)19(23)14-4-2-1-3-13(14)18(15)22/h1-6H,7-11,20H2/p+1. The fourth-order valence-corrected chi connectivity index (χ4v) is 3.52. The van der Waals surface area contributed by atoms with Crippen LogP contribution in [-0.4, -0.2) is 37.9 Å². The summed E-state index contributed by atoms with van der Waals surface area (Å²) in [4.78, 5) is 26.9. The highest BCUT2D eigenvalue weighted by atomic mass is 16.5. The van der Waals surface area contributed by atoms with E-state index in [1.54, 1.807) is 30.3 Å². The molecule has 0 radical (unpaired) electrons. The van der Waals surface area contributed by atoms with Crippen molar-refractivity contribution in [3.8, 4) is 0 Å². The number of rotatable bonds is 2. The molecule has 1 fully saturated rings. The van der Waals surface area contributed by atoms with Gasteiger partial charge in [0.25, 0.3) is 0 Å². The van der Waals surface area contributed by atoms with Crippen molar-refractivity contribution in [1.29, 1.82) is 0 Å². The lowest BCUT2D eigenvalue weighted by molar-refractivity contribution is -0.921. The summed E-state index contributed by atoms with van der Waals surface area (Å²) in [7, 11) is 0. The van der Waals surface area contributed by atoms with Crippen molar-refractivity contribution in [2.75, 3.05) is 32.0 Å². The summed E-state index contributed by atoms with van der Waals surface area (Å²) in [6, 6.07) is 10.6. The van der Waals surface area contributed by atoms with Crippen LogP contribution in [0.2, 0.25) is 0 Å². The fourth-order valence-electron chi connectivity index (χ4n) is 3.52. The second-order valence-corrected chi connectivity index (χ2v) is 6.30. The Morgan fingerprint density at radius 1 is 0.917 bits per heavy atom. The van der Waals surface area contributed by atoms with E-state index in [1.807, 2.05) is 6.07 Å². The zero-order valence-electron chi connectivity index (χ0n) is 13.3. The van der Waals surface area contributed by atoms with Crippen LogP contribution in [0.3, 0.4) is 0 Å². The van der Waals surface area contributed by atoms with E-state index in [4.69, 9.17) is 10.5 Å². The number of benzene rings is 2. The molecule has 2 aliphatic rings. The molecule has 24 heavy (non-hydrogen) atoms. The average molecular weight is 323 g/mol. The summed E-state index contributed by atoms with van der Waals surface area (Å²) in [5, 5.41) is 0. The van der Waals surface area contributed by atoms with E-state index < -0.39 is 0 Å². The number of hydrogen-bond donors (Lipinski definition) is 2. The van der Waals surface area contributed by atoms with Gasteiger partial charge in [-0.2, -0.15) is 0 Å². The van der Waals surface area contributed by atoms with E-state index in [1.165, 1.54) is 4.90 Å². The number of carbonyl (C=O) groups is 2. The first-order valence-corrected chi connectivity index (χ1v) is 8.18. The van der Waals surface area contributed by atoms with E-state index in [9.17, 15) is 9.59 Å². The van der Waals surface area contributed by atoms with E-state index in [-0.39, 0.29) is 11.6 Å². The number of nitrogens with one attached hydrogen (secondary N) is 1. The Morgan fingerprint density at radius 3 is 2.29 bits per heavy atom. The van der Waals surface area contributed by atoms with E-state index in [0.29, 0.717) is 27.9 Å². The number of fused-ring (bicyclic) bond motifs is 2. The lowest BCUT2D eigenvalue weighted by Gasteiger charge is -2.25. The highest BCUT2D eigenvalue weighted by Gasteiger charge is 2.32. The van der Waals surface area contributed by atoms with Crippen molar-refractivity contribution in [1.82, 2.24) is 0 Å². The maximum Gasteiger partial charge on any atom is 0.196 e. The summed E-state index contributed by atoms with van der Waals surface area (Å²) in [5.41, 5.74) is 9.36. The Kier molecular flexibility index (Phi) is 3.67. The second kappa shape index (κ2) is 5.85. The van der Waals surface area contributed by atoms with Crippen LogP contribution in [0.5, 0.6) is 0 Å². The summed E-state index contributed by atoms with van der Waals surface area (Å²) in [6.45, 7) is 4.07. The zero-order chi connectivity index (χ0) is 16.7. The predicted molar refractivity (Wildman–Crippen MR) is 89.4 cm³/mol. The van der Waals surface area contributed by atoms with Gasteiger partial charge in [0.1, 0.15) is 19.6 Å². The van der Waals surface area contributed by atoms with Gasteiger partial charge >= 0.3 is 0 Å². The topological polar surface area (TPSA) is 73.8 Å². The maximum atomic E-state index is 12.9. The Balaban J connectivity index is 1.75. The van der Waals surface area contributed by atoms with Crippen molar-refractivity contribution in [3.63, 3.8) is 0 Å². The molecule has 0 amide bonds. The van der Waals surface area contributed by atoms with E-state index in [2.05, 4.69) is 0 Å². The Bertz CT molecular complexity index is 839. The van der Waals surface area contributed by atoms with Crippen LogP contribution in [0.1, 0.15) is 37.4 Å². The highest BCUT2D eigenvalue weighted by Crippen LogP contribution is 2.32. The monoisotopic (exact) mass is 323 g/mol. The summed E-state index contributed by atoms with van der Waals surface area (Å²) >= 11 is 0. The van der Waals surface area contributed by atoms with Crippen molar-refractivity contribution in [3.05, 3.63) is 64.2 Å². The molecular weight excluding hydrogens is 304 g/mol. The van der Waals surface area contributed by atoms with Gasteiger partial charge in [-0.1, -0.05) is 30.3 Å². The number of ether oxygens (including phenoxy) is 1. The minimum atomic E-state index is -0.156. The number of carbonyl (C=O) groups excluding carboxylic acids is 2. The smallest absolute Gasteiger partial charge is 0.196 e. The minimum Gasteiger partial charge on any atom is -0.398 e. The number of anilines is 1. The zero-order valence-corrected chi connectivity index (χ0v) is 13.3. The molecule has 1 heterocycles. The first kappa shape index (κ1) is 15.1. The average Bonchev–Trinajstić information content (AvgIpc) is 2.62. The first-order valence-electron chi connectivity index (χ1n) is 8.18. The molecule has 5 heteroatoms. The molecule has 1 saturated heterocycles. The molecule has 0 unspecified atom stereocenters. The molecule has 4 rings (SSSR count). The number of hydrogen-bond acceptors (Lipinski definition) is 4. The van der Waals surface area contributed by atoms with Gasteiger partial charge in [-0.15, -0.1) is 0 Å². The van der Waals surface area contributed by atoms with Gasteiger partial charge in [0.2, 0.25) is 0 Å². The number of quaternary nitrogens is 1. The normalized spacial score (nSPS) is 17.5. The van der Waals surface area contributed by atoms with Gasteiger partial charge in [0.15, 0.2) is 11.6 Å². The highest BCUT2D eigenvalue weighted by molar-refractivity contribution is 6.30. The third-order valence-electron chi connectivity index (χ3n) is 4.86. The van der Waals surface area contributed by atoms with Crippen molar-refractivity contribution in [2.45, 2.75) is 6.54 Å². The van der Waals surface area contributed by atoms with Gasteiger partial charge in [0.05, 0.1) is 24.5 Å². The SMILES string of the molecule is Nc1c(C[NH+]2CCOCC2)ccc2c1C(=O)c1ccccc1C2=O. The molecular formula is C19H19N2O3+. The van der Waals surface area contributed by atoms with Crippen LogP contribution < -0.4 is 10.6 Å². The van der Waals surface area contributed by atoms with Crippen LogP contribution in [0.25, 0.3) is 0 Å². The van der Waals surface area contributed by atoms with Crippen LogP contribution >= 0.6 is 0 Å². The molecule has 2 aromatic rings. The third kappa shape index (κ3) is 2.33. The van der Waals surface area contributed by atoms with Crippen molar-refractivity contribution >= 4 is 17.3 Å². The van der Waals surface area contributed by atoms with Gasteiger partial charge in [-0.3, -0.25) is 9.59 Å². The summed E-state index contributed by atoms with van der Waals surface area (Å²) < 4.78 is 5.38. The molecule has 0 aromatic heterocycles. The second-order valence-electron chi connectivity index (χ2n) is 6.30. The molecule has 1 aliphatic heterocycles. The van der Waals surface area contributed by atoms with Gasteiger partial charge in [0, 0.05) is 22.3 Å². The maximum absolute atomic E-state index is 12.9. The van der Waals surface area contributed by atoms with E-state index >= 15 is 0 Å². The molecule has 0 saturated carbocycles. The number of ketones is 2. The number of nitrogen functional groups attached to an aromatic ring is 1. The predicted octanol–water partition coefficient (Wildman–Crippen LogP) is 0.459. The van der Waals surface area contributed by atoms with Crippen LogP contribution in [-0.2, 0) is 11.3 Å². The van der Waals surface area contributed by atoms with Crippen LogP contribution in [0.15, 0.2) is 36.4 Å². The largest absolute Gasteiger partial charge is 0.398 e. The number of morpholine rings is 1. The molecule has 0 spiro atoms. The van der Waals surface area contributed by atoms with Crippen LogP contribution in [0, 0.1) is 0 Å². The lowest BCUT2D eigenvalue weighted by Crippen LogP contribution is -3.12. The van der Waals surface area contributed by atoms with Gasteiger partial charge < -0.3 is 15.4 Å². The molecule has 3 N–H and O–H groups in total. The molecule has 0 bridgehead atoms. The van der Waals surface area contributed by atoms with Crippen molar-refractivity contribution in [2.24, 2.45) is 0 Å². The first-order chi connectivity index (χ1) is 11.7. The number of nitrogens with two attached hydrogens (primary N) is 1. The van der Waals surface area contributed by atoms with Crippen LogP contribution in [0.4, 0.5) is 5.69 Å². The van der Waals surface area contributed by atoms with Crippen molar-refractivity contribution < 1.29 is 19.2 Å². The quantitative estimate of drug-likeness (QED) is 0.672. The molecule has 1 aliphatic carbocycles. The minimum absolute atomic E-state index is 0.128. The summed E-state index contributed by atoms with van der Waals surface area (Å²) in [6.07, 6.45) is 0. The lowest BCUT2D eigenvalue weighted by atomic mass is 9.82. The third-order valence-corrected chi connectivity index (χ3v) is 4.86.